The van der Waals surface area contributed by atoms with Crippen LogP contribution in [0.5, 0.6) is 0 Å². The molecule has 0 bridgehead atoms. The number of hydrogen-bond acceptors (Lipinski definition) is 5. The first-order valence-electron chi connectivity index (χ1n) is 8.08. The Morgan fingerprint density at radius 3 is 2.62 bits per heavy atom. The second kappa shape index (κ2) is 7.11. The van der Waals surface area contributed by atoms with E-state index in [4.69, 9.17) is 16.3 Å². The van der Waals surface area contributed by atoms with Crippen LogP contribution in [-0.2, 0) is 16.0 Å². The number of carboxylic acids is 1. The highest BCUT2D eigenvalue weighted by Crippen LogP contribution is 2.39. The van der Waals surface area contributed by atoms with E-state index in [2.05, 4.69) is 0 Å². The fourth-order valence-electron chi connectivity index (χ4n) is 2.98. The maximum absolute atomic E-state index is 12.2. The van der Waals surface area contributed by atoms with Crippen molar-refractivity contribution in [2.45, 2.75) is 39.2 Å². The molecular formula is C17H21ClN2O6. The van der Waals surface area contributed by atoms with Crippen molar-refractivity contribution in [3.8, 4) is 0 Å². The van der Waals surface area contributed by atoms with Gasteiger partial charge in [0, 0.05) is 24.7 Å². The molecule has 142 valence electrons. The summed E-state index contributed by atoms with van der Waals surface area (Å²) in [6.07, 6.45) is -0.587. The van der Waals surface area contributed by atoms with E-state index in [0.29, 0.717) is 0 Å². The van der Waals surface area contributed by atoms with Gasteiger partial charge >= 0.3 is 12.1 Å². The maximum atomic E-state index is 12.2. The Hall–Kier alpha value is -2.35. The molecule has 1 saturated heterocycles. The van der Waals surface area contributed by atoms with Crippen molar-refractivity contribution in [2.24, 2.45) is 5.41 Å². The van der Waals surface area contributed by atoms with E-state index in [9.17, 15) is 24.8 Å². The molecule has 1 N–H and O–H groups in total. The Morgan fingerprint density at radius 2 is 2.08 bits per heavy atom. The number of carbonyl (C=O) groups excluding carboxylic acids is 1. The molecule has 1 amide bonds. The van der Waals surface area contributed by atoms with Gasteiger partial charge < -0.3 is 14.7 Å². The summed E-state index contributed by atoms with van der Waals surface area (Å²) >= 11 is 6.10. The van der Waals surface area contributed by atoms with Crippen LogP contribution in [0.2, 0.25) is 5.02 Å². The lowest BCUT2D eigenvalue weighted by Crippen LogP contribution is -2.40. The lowest BCUT2D eigenvalue weighted by Gasteiger charge is -2.27. The summed E-state index contributed by atoms with van der Waals surface area (Å²) in [5, 5.41) is 21.2. The highest BCUT2D eigenvalue weighted by Gasteiger charge is 2.48. The summed E-state index contributed by atoms with van der Waals surface area (Å²) < 4.78 is 5.29. The number of nitrogens with zero attached hydrogens (tertiary/aromatic N) is 2. The highest BCUT2D eigenvalue weighted by molar-refractivity contribution is 6.31. The average molecular weight is 385 g/mol. The topological polar surface area (TPSA) is 110 Å². The van der Waals surface area contributed by atoms with Gasteiger partial charge in [-0.25, -0.2) is 4.79 Å². The maximum Gasteiger partial charge on any atom is 0.410 e. The Bertz CT molecular complexity index is 745. The number of benzene rings is 1. The van der Waals surface area contributed by atoms with E-state index in [1.54, 1.807) is 20.8 Å². The van der Waals surface area contributed by atoms with Gasteiger partial charge in [0.2, 0.25) is 0 Å². The largest absolute Gasteiger partial charge is 0.481 e. The third kappa shape index (κ3) is 4.24. The molecule has 1 unspecified atom stereocenters. The quantitative estimate of drug-likeness (QED) is 0.628. The van der Waals surface area contributed by atoms with Gasteiger partial charge in [-0.3, -0.25) is 14.9 Å². The molecule has 1 aromatic carbocycles. The second-order valence-electron chi connectivity index (χ2n) is 7.41. The minimum Gasteiger partial charge on any atom is -0.481 e. The van der Waals surface area contributed by atoms with Crippen LogP contribution in [0.25, 0.3) is 0 Å². The smallest absolute Gasteiger partial charge is 0.410 e. The molecule has 1 heterocycles. The van der Waals surface area contributed by atoms with Crippen molar-refractivity contribution in [3.05, 3.63) is 38.9 Å². The molecule has 1 atom stereocenters. The third-order valence-corrected chi connectivity index (χ3v) is 4.62. The molecule has 1 fully saturated rings. The number of carboxylic acid groups (broad SMARTS) is 1. The molecule has 1 aliphatic rings. The second-order valence-corrected chi connectivity index (χ2v) is 7.82. The first kappa shape index (κ1) is 20.0. The van der Waals surface area contributed by atoms with Gasteiger partial charge in [0.15, 0.2) is 0 Å². The molecule has 1 aromatic rings. The van der Waals surface area contributed by atoms with Crippen LogP contribution in [0.15, 0.2) is 18.2 Å². The number of nitro benzene ring substituents is 1. The van der Waals surface area contributed by atoms with Gasteiger partial charge in [-0.2, -0.15) is 0 Å². The first-order valence-corrected chi connectivity index (χ1v) is 8.46. The normalized spacial score (nSPS) is 20.1. The molecular weight excluding hydrogens is 364 g/mol. The lowest BCUT2D eigenvalue weighted by atomic mass is 9.80. The molecule has 0 saturated carbocycles. The fourth-order valence-corrected chi connectivity index (χ4v) is 3.22. The van der Waals surface area contributed by atoms with Gasteiger partial charge in [0.1, 0.15) is 5.60 Å². The SMILES string of the molecule is CC(C)(C)OC(=O)N1CCC(Cc2c(Cl)cccc2[N+](=O)[O-])(C(=O)O)C1. The molecule has 9 heteroatoms. The van der Waals surface area contributed by atoms with Crippen molar-refractivity contribution < 1.29 is 24.4 Å². The van der Waals surface area contributed by atoms with Crippen LogP contribution >= 0.6 is 11.6 Å². The average Bonchev–Trinajstić information content (AvgIpc) is 2.93. The summed E-state index contributed by atoms with van der Waals surface area (Å²) in [6, 6.07) is 4.22. The summed E-state index contributed by atoms with van der Waals surface area (Å²) in [6.45, 7) is 5.26. The Labute approximate surface area is 155 Å². The van der Waals surface area contributed by atoms with Crippen LogP contribution in [-0.4, -0.2) is 45.7 Å². The zero-order chi connectivity index (χ0) is 19.7. The predicted molar refractivity (Wildman–Crippen MR) is 94.3 cm³/mol. The van der Waals surface area contributed by atoms with Crippen molar-refractivity contribution in [3.63, 3.8) is 0 Å². The van der Waals surface area contributed by atoms with Gasteiger partial charge in [0.05, 0.1) is 15.4 Å². The molecule has 0 aliphatic carbocycles. The lowest BCUT2D eigenvalue weighted by molar-refractivity contribution is -0.385. The van der Waals surface area contributed by atoms with Crippen LogP contribution in [0, 0.1) is 15.5 Å². The van der Waals surface area contributed by atoms with E-state index in [1.165, 1.54) is 23.1 Å². The molecule has 8 nitrogen and oxygen atoms in total. The van der Waals surface area contributed by atoms with Gasteiger partial charge in [-0.15, -0.1) is 0 Å². The Morgan fingerprint density at radius 1 is 1.42 bits per heavy atom. The van der Waals surface area contributed by atoms with Crippen molar-refractivity contribution in [1.82, 2.24) is 4.90 Å². The minimum absolute atomic E-state index is 0.0976. The van der Waals surface area contributed by atoms with Gasteiger partial charge in [-0.1, -0.05) is 17.7 Å². The number of halogens is 1. The number of ether oxygens (including phenoxy) is 1. The number of amides is 1. The van der Waals surface area contributed by atoms with Crippen molar-refractivity contribution in [1.29, 1.82) is 0 Å². The van der Waals surface area contributed by atoms with Crippen LogP contribution in [0.3, 0.4) is 0 Å². The van der Waals surface area contributed by atoms with Crippen LogP contribution in [0.1, 0.15) is 32.8 Å². The number of carbonyl (C=O) groups is 2. The molecule has 26 heavy (non-hydrogen) atoms. The number of nitro groups is 1. The zero-order valence-corrected chi connectivity index (χ0v) is 15.6. The van der Waals surface area contributed by atoms with Crippen molar-refractivity contribution >= 4 is 29.4 Å². The van der Waals surface area contributed by atoms with E-state index in [-0.39, 0.29) is 42.2 Å². The Kier molecular flexibility index (Phi) is 5.46. The molecule has 0 spiro atoms. The number of hydrogen-bond donors (Lipinski definition) is 1. The van der Waals surface area contributed by atoms with E-state index >= 15 is 0 Å². The highest BCUT2D eigenvalue weighted by atomic mass is 35.5. The first-order chi connectivity index (χ1) is 11.9. The summed E-state index contributed by atoms with van der Waals surface area (Å²) in [4.78, 5) is 36.2. The monoisotopic (exact) mass is 384 g/mol. The summed E-state index contributed by atoms with van der Waals surface area (Å²) in [5.74, 6) is -1.13. The third-order valence-electron chi connectivity index (χ3n) is 4.27. The van der Waals surface area contributed by atoms with Gasteiger partial charge in [0.25, 0.3) is 5.69 Å². The number of likely N-dealkylation sites (tertiary alicyclic amines) is 1. The zero-order valence-electron chi connectivity index (χ0n) is 14.8. The van der Waals surface area contributed by atoms with Crippen LogP contribution < -0.4 is 0 Å². The molecule has 0 aromatic heterocycles. The van der Waals surface area contributed by atoms with E-state index in [0.717, 1.165) is 0 Å². The standard InChI is InChI=1S/C17H21ClN2O6/c1-16(2,3)26-15(23)19-8-7-17(10-19,14(21)22)9-11-12(18)5-4-6-13(11)20(24)25/h4-6H,7-10H2,1-3H3,(H,21,22). The van der Waals surface area contributed by atoms with Crippen LogP contribution in [0.4, 0.5) is 10.5 Å². The number of aliphatic carboxylic acids is 1. The predicted octanol–water partition coefficient (Wildman–Crippen LogP) is 3.50. The number of rotatable bonds is 4. The Balaban J connectivity index is 2.30. The van der Waals surface area contributed by atoms with Crippen molar-refractivity contribution in [2.75, 3.05) is 13.1 Å². The fraction of sp³-hybridized carbons (Fsp3) is 0.529. The summed E-state index contributed by atoms with van der Waals surface area (Å²) in [7, 11) is 0. The molecule has 2 rings (SSSR count). The molecule has 1 aliphatic heterocycles. The van der Waals surface area contributed by atoms with Gasteiger partial charge in [-0.05, 0) is 39.7 Å². The molecule has 0 radical (unpaired) electrons. The van der Waals surface area contributed by atoms with E-state index in [1.807, 2.05) is 0 Å². The summed E-state index contributed by atoms with van der Waals surface area (Å²) in [5.41, 5.74) is -2.12. The minimum atomic E-state index is -1.35. The van der Waals surface area contributed by atoms with E-state index < -0.39 is 28.0 Å².